The fraction of sp³-hybridized carbons (Fsp3) is 0.440. The van der Waals surface area contributed by atoms with Gasteiger partial charge in [-0.2, -0.15) is 0 Å². The molecule has 7 nitrogen and oxygen atoms in total. The standard InChI is InChI=1S/C25H30ClN7/c1-15-7-16(2)24(28-9-15)20-8-23(27-11-21(20)26)32-6-5-22-19(14-32)10-29-25(31-22)33-12-17(3)30-18(4)13-33/h7-11,17-18,30H,5-6,12-14H2,1-4H3. The molecule has 33 heavy (non-hydrogen) atoms. The summed E-state index contributed by atoms with van der Waals surface area (Å²) in [6.07, 6.45) is 6.47. The van der Waals surface area contributed by atoms with Crippen molar-refractivity contribution in [2.24, 2.45) is 0 Å². The number of aromatic nitrogens is 4. The Hall–Kier alpha value is -2.77. The Kier molecular flexibility index (Phi) is 5.93. The molecule has 2 unspecified atom stereocenters. The molecule has 172 valence electrons. The van der Waals surface area contributed by atoms with Crippen LogP contribution in [-0.4, -0.2) is 51.7 Å². The van der Waals surface area contributed by atoms with Gasteiger partial charge in [-0.05, 0) is 44.9 Å². The predicted molar refractivity (Wildman–Crippen MR) is 133 cm³/mol. The summed E-state index contributed by atoms with van der Waals surface area (Å²) in [4.78, 5) is 23.5. The molecule has 0 amide bonds. The van der Waals surface area contributed by atoms with Gasteiger partial charge in [-0.15, -0.1) is 0 Å². The third-order valence-electron chi connectivity index (χ3n) is 6.40. The zero-order chi connectivity index (χ0) is 23.1. The van der Waals surface area contributed by atoms with Crippen LogP contribution < -0.4 is 15.1 Å². The first-order valence-electron chi connectivity index (χ1n) is 11.6. The second-order valence-corrected chi connectivity index (χ2v) is 9.79. The number of aryl methyl sites for hydroxylation is 2. The van der Waals surface area contributed by atoms with E-state index in [1.165, 1.54) is 0 Å². The smallest absolute Gasteiger partial charge is 0.225 e. The van der Waals surface area contributed by atoms with Crippen LogP contribution >= 0.6 is 11.6 Å². The molecule has 8 heteroatoms. The summed E-state index contributed by atoms with van der Waals surface area (Å²) in [7, 11) is 0. The average molecular weight is 464 g/mol. The predicted octanol–water partition coefficient (Wildman–Crippen LogP) is 3.95. The number of rotatable bonds is 3. The van der Waals surface area contributed by atoms with Crippen LogP contribution in [-0.2, 0) is 13.0 Å². The maximum atomic E-state index is 6.52. The van der Waals surface area contributed by atoms with Gasteiger partial charge >= 0.3 is 0 Å². The van der Waals surface area contributed by atoms with Crippen molar-refractivity contribution in [1.82, 2.24) is 25.3 Å². The number of pyridine rings is 2. The minimum atomic E-state index is 0.431. The van der Waals surface area contributed by atoms with Gasteiger partial charge in [-0.1, -0.05) is 17.7 Å². The SMILES string of the molecule is Cc1cnc(-c2cc(N3CCc4nc(N5CC(C)NC(C)C5)ncc4C3)ncc2Cl)c(C)c1. The molecular formula is C25H30ClN7. The first kappa shape index (κ1) is 22.0. The molecule has 0 aromatic carbocycles. The zero-order valence-corrected chi connectivity index (χ0v) is 20.4. The summed E-state index contributed by atoms with van der Waals surface area (Å²) in [5.74, 6) is 1.74. The average Bonchev–Trinajstić information content (AvgIpc) is 2.78. The lowest BCUT2D eigenvalue weighted by Gasteiger charge is -2.37. The fourth-order valence-electron chi connectivity index (χ4n) is 4.92. The lowest BCUT2D eigenvalue weighted by atomic mass is 10.0. The van der Waals surface area contributed by atoms with Crippen molar-refractivity contribution >= 4 is 23.4 Å². The largest absolute Gasteiger partial charge is 0.352 e. The lowest BCUT2D eigenvalue weighted by Crippen LogP contribution is -2.54. The maximum Gasteiger partial charge on any atom is 0.225 e. The summed E-state index contributed by atoms with van der Waals surface area (Å²) in [6.45, 7) is 12.0. The van der Waals surface area contributed by atoms with Gasteiger partial charge in [0.2, 0.25) is 5.95 Å². The summed E-state index contributed by atoms with van der Waals surface area (Å²) >= 11 is 6.52. The lowest BCUT2D eigenvalue weighted by molar-refractivity contribution is 0.403. The van der Waals surface area contributed by atoms with Gasteiger partial charge in [0.25, 0.3) is 0 Å². The van der Waals surface area contributed by atoms with Crippen molar-refractivity contribution in [3.63, 3.8) is 0 Å². The summed E-state index contributed by atoms with van der Waals surface area (Å²) in [6, 6.07) is 5.04. The van der Waals surface area contributed by atoms with Gasteiger partial charge in [0.15, 0.2) is 0 Å². The van der Waals surface area contributed by atoms with E-state index in [-0.39, 0.29) is 0 Å². The van der Waals surface area contributed by atoms with Gasteiger partial charge in [0, 0.05) is 74.4 Å². The quantitative estimate of drug-likeness (QED) is 0.630. The highest BCUT2D eigenvalue weighted by Crippen LogP contribution is 2.33. The van der Waals surface area contributed by atoms with Gasteiger partial charge in [0.1, 0.15) is 5.82 Å². The van der Waals surface area contributed by atoms with Crippen molar-refractivity contribution in [2.75, 3.05) is 29.4 Å². The van der Waals surface area contributed by atoms with E-state index in [1.54, 1.807) is 6.20 Å². The molecule has 5 rings (SSSR count). The number of piperazine rings is 1. The van der Waals surface area contributed by atoms with E-state index < -0.39 is 0 Å². The van der Waals surface area contributed by atoms with Crippen molar-refractivity contribution in [1.29, 1.82) is 0 Å². The molecule has 1 N–H and O–H groups in total. The van der Waals surface area contributed by atoms with Crippen LogP contribution in [0.15, 0.2) is 30.7 Å². The Balaban J connectivity index is 1.38. The Labute approximate surface area is 200 Å². The zero-order valence-electron chi connectivity index (χ0n) is 19.6. The van der Waals surface area contributed by atoms with E-state index in [0.717, 1.165) is 78.0 Å². The van der Waals surface area contributed by atoms with E-state index in [2.05, 4.69) is 58.0 Å². The van der Waals surface area contributed by atoms with Crippen molar-refractivity contribution in [2.45, 2.75) is 52.7 Å². The number of nitrogens with zero attached hydrogens (tertiary/aromatic N) is 6. The topological polar surface area (TPSA) is 70.1 Å². The Morgan fingerprint density at radius 1 is 0.970 bits per heavy atom. The Morgan fingerprint density at radius 2 is 1.76 bits per heavy atom. The highest BCUT2D eigenvalue weighted by atomic mass is 35.5. The van der Waals surface area contributed by atoms with E-state index in [4.69, 9.17) is 21.6 Å². The molecule has 0 spiro atoms. The van der Waals surface area contributed by atoms with Crippen LogP contribution in [0, 0.1) is 13.8 Å². The number of fused-ring (bicyclic) bond motifs is 1. The summed E-state index contributed by atoms with van der Waals surface area (Å²) in [5.41, 5.74) is 6.36. The third-order valence-corrected chi connectivity index (χ3v) is 6.70. The second kappa shape index (κ2) is 8.88. The summed E-state index contributed by atoms with van der Waals surface area (Å²) < 4.78 is 0. The minimum absolute atomic E-state index is 0.431. The first-order valence-corrected chi connectivity index (χ1v) is 11.9. The molecule has 2 atom stereocenters. The van der Waals surface area contributed by atoms with Crippen LogP contribution in [0.3, 0.4) is 0 Å². The molecule has 1 fully saturated rings. The van der Waals surface area contributed by atoms with Crippen LogP contribution in [0.5, 0.6) is 0 Å². The van der Waals surface area contributed by atoms with Gasteiger partial charge in [-0.3, -0.25) is 4.98 Å². The third kappa shape index (κ3) is 4.52. The second-order valence-electron chi connectivity index (χ2n) is 9.39. The van der Waals surface area contributed by atoms with Crippen molar-refractivity contribution < 1.29 is 0 Å². The van der Waals surface area contributed by atoms with Crippen LogP contribution in [0.2, 0.25) is 5.02 Å². The molecule has 3 aromatic rings. The number of hydrogen-bond acceptors (Lipinski definition) is 7. The summed E-state index contributed by atoms with van der Waals surface area (Å²) in [5, 5.41) is 4.18. The Bertz CT molecular complexity index is 1170. The van der Waals surface area contributed by atoms with Gasteiger partial charge < -0.3 is 15.1 Å². The highest BCUT2D eigenvalue weighted by molar-refractivity contribution is 6.33. The van der Waals surface area contributed by atoms with E-state index >= 15 is 0 Å². The Morgan fingerprint density at radius 3 is 2.52 bits per heavy atom. The molecule has 0 saturated carbocycles. The number of hydrogen-bond donors (Lipinski definition) is 1. The number of anilines is 2. The molecule has 0 bridgehead atoms. The normalized spacial score (nSPS) is 20.6. The number of nitrogens with one attached hydrogen (secondary N) is 1. The van der Waals surface area contributed by atoms with Gasteiger partial charge in [0.05, 0.1) is 16.4 Å². The molecule has 0 aliphatic carbocycles. The van der Waals surface area contributed by atoms with E-state index in [9.17, 15) is 0 Å². The molecule has 5 heterocycles. The maximum absolute atomic E-state index is 6.52. The van der Waals surface area contributed by atoms with E-state index in [1.807, 2.05) is 19.3 Å². The van der Waals surface area contributed by atoms with Crippen molar-refractivity contribution in [3.05, 3.63) is 58.1 Å². The molecular weight excluding hydrogens is 434 g/mol. The molecule has 0 radical (unpaired) electrons. The molecule has 2 aliphatic rings. The molecule has 2 aliphatic heterocycles. The minimum Gasteiger partial charge on any atom is -0.352 e. The number of halogens is 1. The molecule has 1 saturated heterocycles. The van der Waals surface area contributed by atoms with Crippen molar-refractivity contribution in [3.8, 4) is 11.3 Å². The van der Waals surface area contributed by atoms with Crippen LogP contribution in [0.4, 0.5) is 11.8 Å². The first-order chi connectivity index (χ1) is 15.9. The fourth-order valence-corrected chi connectivity index (χ4v) is 5.12. The highest BCUT2D eigenvalue weighted by Gasteiger charge is 2.25. The van der Waals surface area contributed by atoms with E-state index in [0.29, 0.717) is 17.1 Å². The van der Waals surface area contributed by atoms with Crippen LogP contribution in [0.25, 0.3) is 11.3 Å². The van der Waals surface area contributed by atoms with Gasteiger partial charge in [-0.25, -0.2) is 15.0 Å². The molecule has 3 aromatic heterocycles. The monoisotopic (exact) mass is 463 g/mol. The van der Waals surface area contributed by atoms with Crippen LogP contribution in [0.1, 0.15) is 36.2 Å².